The normalized spacial score (nSPS) is 25.1. The van der Waals surface area contributed by atoms with Crippen LogP contribution in [0.15, 0.2) is 30.3 Å². The molecule has 2 saturated heterocycles. The lowest BCUT2D eigenvalue weighted by Crippen LogP contribution is -2.49. The van der Waals surface area contributed by atoms with Gasteiger partial charge in [0.1, 0.15) is 0 Å². The molecular weight excluding hydrogens is 448 g/mol. The SMILES string of the molecule is [2H]CCc1cc2c(cc1N1C([2H])([2H])CC(N3CCOCC3)CC1([2H])[2H])C(C)(C)c1[nH]c3cc(C#N)ccc3c1C2=O. The summed E-state index contributed by atoms with van der Waals surface area (Å²) >= 11 is 0. The Hall–Kier alpha value is -3.14. The number of ketones is 1. The number of carbonyl (C=O) groups excluding carboxylic acids is 1. The quantitative estimate of drug-likeness (QED) is 0.576. The maximum atomic E-state index is 14.0. The fourth-order valence-electron chi connectivity index (χ4n) is 5.88. The van der Waals surface area contributed by atoms with E-state index in [-0.39, 0.29) is 38.0 Å². The van der Waals surface area contributed by atoms with Crippen LogP contribution in [0, 0.1) is 11.3 Å². The highest BCUT2D eigenvalue weighted by Crippen LogP contribution is 2.46. The van der Waals surface area contributed by atoms with Crippen molar-refractivity contribution in [1.29, 1.82) is 5.26 Å². The number of aromatic nitrogens is 1. The van der Waals surface area contributed by atoms with Crippen molar-refractivity contribution in [2.45, 2.75) is 51.5 Å². The van der Waals surface area contributed by atoms with E-state index in [1.165, 1.54) is 4.90 Å². The molecule has 0 bridgehead atoms. The van der Waals surface area contributed by atoms with Crippen molar-refractivity contribution in [3.63, 3.8) is 0 Å². The highest BCUT2D eigenvalue weighted by molar-refractivity contribution is 6.20. The fraction of sp³-hybridized carbons (Fsp3) is 0.467. The van der Waals surface area contributed by atoms with Gasteiger partial charge in [-0.1, -0.05) is 26.8 Å². The number of hydrogen-bond acceptors (Lipinski definition) is 5. The molecule has 6 rings (SSSR count). The first-order valence-electron chi connectivity index (χ1n) is 15.3. The molecule has 1 aromatic heterocycles. The first-order chi connectivity index (χ1) is 19.4. The van der Waals surface area contributed by atoms with E-state index >= 15 is 0 Å². The molecule has 2 aliphatic heterocycles. The molecule has 0 spiro atoms. The van der Waals surface area contributed by atoms with Gasteiger partial charge in [-0.2, -0.15) is 5.26 Å². The number of fused-ring (bicyclic) bond motifs is 4. The third-order valence-corrected chi connectivity index (χ3v) is 7.96. The third kappa shape index (κ3) is 3.56. The second-order valence-corrected chi connectivity index (χ2v) is 10.3. The lowest BCUT2D eigenvalue weighted by Gasteiger charge is -2.42. The van der Waals surface area contributed by atoms with Crippen molar-refractivity contribution in [3.05, 3.63) is 63.8 Å². The Balaban J connectivity index is 1.48. The first kappa shape index (κ1) is 18.2. The van der Waals surface area contributed by atoms with Crippen molar-refractivity contribution in [1.82, 2.24) is 9.88 Å². The Kier molecular flexibility index (Phi) is 4.42. The Bertz CT molecular complexity index is 1570. The summed E-state index contributed by atoms with van der Waals surface area (Å²) in [5.74, 6) is -0.167. The molecule has 1 N–H and O–H groups in total. The van der Waals surface area contributed by atoms with Gasteiger partial charge >= 0.3 is 0 Å². The topological polar surface area (TPSA) is 72.4 Å². The highest BCUT2D eigenvalue weighted by Gasteiger charge is 2.40. The van der Waals surface area contributed by atoms with Crippen LogP contribution >= 0.6 is 0 Å². The Morgan fingerprint density at radius 1 is 1.22 bits per heavy atom. The summed E-state index contributed by atoms with van der Waals surface area (Å²) in [5.41, 5.74) is 3.95. The van der Waals surface area contributed by atoms with Gasteiger partial charge in [0.05, 0.1) is 30.4 Å². The lowest BCUT2D eigenvalue weighted by molar-refractivity contribution is 0.0115. The van der Waals surface area contributed by atoms with E-state index in [9.17, 15) is 10.1 Å². The smallest absolute Gasteiger partial charge is 0.195 e. The molecule has 3 aliphatic rings. The molecule has 0 unspecified atom stereocenters. The summed E-state index contributed by atoms with van der Waals surface area (Å²) in [6.45, 7) is 2.44. The molecule has 0 atom stereocenters. The van der Waals surface area contributed by atoms with Gasteiger partial charge in [-0.3, -0.25) is 9.69 Å². The summed E-state index contributed by atoms with van der Waals surface area (Å²) in [5, 5.41) is 10.1. The van der Waals surface area contributed by atoms with E-state index < -0.39 is 18.4 Å². The van der Waals surface area contributed by atoms with Crippen molar-refractivity contribution in [3.8, 4) is 6.07 Å². The summed E-state index contributed by atoms with van der Waals surface area (Å²) in [7, 11) is 0. The number of carbonyl (C=O) groups is 1. The minimum absolute atomic E-state index is 0.0227. The summed E-state index contributed by atoms with van der Waals surface area (Å²) in [6, 6.07) is 10.7. The van der Waals surface area contributed by atoms with Crippen LogP contribution in [0.25, 0.3) is 10.9 Å². The number of aryl methyl sites for hydroxylation is 1. The maximum absolute atomic E-state index is 14.0. The van der Waals surface area contributed by atoms with Crippen LogP contribution in [0.4, 0.5) is 5.69 Å². The first-order valence-corrected chi connectivity index (χ1v) is 12.6. The average molecular weight is 488 g/mol. The standard InChI is InChI=1S/C30H34N4O2/c1-4-20-16-23-24(17-26(20)34-9-7-21(8-10-34)33-11-13-36-14-12-33)30(2,3)29-27(28(23)35)22-6-5-19(18-31)15-25(22)32-29/h5-6,15-17,21,32H,4,7-14H2,1-3H3/i1D,9D2,10D2. The number of benzene rings is 2. The number of hydrogen-bond donors (Lipinski definition) is 1. The van der Waals surface area contributed by atoms with E-state index in [4.69, 9.17) is 11.6 Å². The number of nitrogens with one attached hydrogen (secondary N) is 1. The molecule has 3 heterocycles. The third-order valence-electron chi connectivity index (χ3n) is 7.96. The van der Waals surface area contributed by atoms with E-state index in [0.29, 0.717) is 65.3 Å². The van der Waals surface area contributed by atoms with Gasteiger partial charge in [-0.05, 0) is 54.7 Å². The van der Waals surface area contributed by atoms with Gasteiger partial charge in [0.25, 0.3) is 0 Å². The van der Waals surface area contributed by atoms with Crippen molar-refractivity contribution in [2.75, 3.05) is 44.2 Å². The van der Waals surface area contributed by atoms with Gasteiger partial charge in [-0.15, -0.1) is 0 Å². The molecule has 0 radical (unpaired) electrons. The van der Waals surface area contributed by atoms with Crippen molar-refractivity contribution in [2.24, 2.45) is 0 Å². The van der Waals surface area contributed by atoms with Crippen molar-refractivity contribution >= 4 is 22.4 Å². The van der Waals surface area contributed by atoms with Crippen LogP contribution < -0.4 is 4.90 Å². The molecule has 6 heteroatoms. The van der Waals surface area contributed by atoms with Crippen LogP contribution in [0.5, 0.6) is 0 Å². The maximum Gasteiger partial charge on any atom is 0.195 e. The number of aromatic amines is 1. The van der Waals surface area contributed by atoms with E-state index in [2.05, 4.69) is 16.0 Å². The number of nitriles is 1. The number of rotatable bonds is 3. The Labute approximate surface area is 219 Å². The van der Waals surface area contributed by atoms with Gasteiger partial charge < -0.3 is 14.6 Å². The van der Waals surface area contributed by atoms with E-state index in [0.717, 1.165) is 11.1 Å². The second-order valence-electron chi connectivity index (χ2n) is 10.3. The predicted molar refractivity (Wildman–Crippen MR) is 142 cm³/mol. The molecule has 1 aliphatic carbocycles. The summed E-state index contributed by atoms with van der Waals surface area (Å²) in [4.78, 5) is 20.8. The fourth-order valence-corrected chi connectivity index (χ4v) is 5.88. The Morgan fingerprint density at radius 3 is 2.72 bits per heavy atom. The van der Waals surface area contributed by atoms with Crippen LogP contribution in [0.3, 0.4) is 0 Å². The molecule has 3 aromatic rings. The van der Waals surface area contributed by atoms with Crippen LogP contribution in [-0.4, -0.2) is 61.0 Å². The number of piperidine rings is 1. The number of nitrogens with zero attached hydrogens (tertiary/aromatic N) is 3. The minimum atomic E-state index is -2.00. The summed E-state index contributed by atoms with van der Waals surface area (Å²) in [6.07, 6.45) is 0.539. The second kappa shape index (κ2) is 8.76. The molecule has 2 aromatic carbocycles. The van der Waals surface area contributed by atoms with Crippen LogP contribution in [-0.2, 0) is 16.6 Å². The molecule has 6 nitrogen and oxygen atoms in total. The van der Waals surface area contributed by atoms with Gasteiger partial charge in [0.15, 0.2) is 5.78 Å². The number of morpholine rings is 1. The zero-order valence-corrected chi connectivity index (χ0v) is 20.8. The van der Waals surface area contributed by atoms with Crippen LogP contribution in [0.2, 0.25) is 0 Å². The van der Waals surface area contributed by atoms with Crippen molar-refractivity contribution < 1.29 is 16.4 Å². The molecule has 186 valence electrons. The summed E-state index contributed by atoms with van der Waals surface area (Å²) < 4.78 is 49.9. The number of anilines is 1. The van der Waals surface area contributed by atoms with Crippen LogP contribution in [0.1, 0.15) is 78.7 Å². The predicted octanol–water partition coefficient (Wildman–Crippen LogP) is 4.77. The average Bonchev–Trinajstić information content (AvgIpc) is 3.32. The monoisotopic (exact) mass is 487 g/mol. The molecule has 36 heavy (non-hydrogen) atoms. The van der Waals surface area contributed by atoms with Gasteiger partial charge in [0.2, 0.25) is 0 Å². The number of ether oxygens (including phenoxy) is 1. The molecule has 0 saturated carbocycles. The zero-order chi connectivity index (χ0) is 29.3. The largest absolute Gasteiger partial charge is 0.379 e. The molecule has 2 fully saturated rings. The minimum Gasteiger partial charge on any atom is -0.379 e. The number of H-pyrrole nitrogens is 1. The van der Waals surface area contributed by atoms with E-state index in [1.807, 2.05) is 13.8 Å². The zero-order valence-electron chi connectivity index (χ0n) is 25.8. The van der Waals surface area contributed by atoms with Gasteiger partial charge in [-0.25, -0.2) is 0 Å². The van der Waals surface area contributed by atoms with Gasteiger partial charge in [0, 0.05) is 72.2 Å². The van der Waals surface area contributed by atoms with E-state index in [1.54, 1.807) is 30.3 Å². The highest BCUT2D eigenvalue weighted by atomic mass is 16.5. The lowest BCUT2D eigenvalue weighted by atomic mass is 9.70. The molecule has 0 amide bonds. The Morgan fingerprint density at radius 2 is 2.00 bits per heavy atom. The molecular formula is C30H34N4O2.